The molecule has 0 amide bonds. The normalized spacial score (nSPS) is 10.0. The van der Waals surface area contributed by atoms with Crippen molar-refractivity contribution in [2.75, 3.05) is 0 Å². The topological polar surface area (TPSA) is 60.9 Å². The second kappa shape index (κ2) is 3.30. The lowest BCUT2D eigenvalue weighted by Crippen LogP contribution is -2.22. The standard InChI is InChI=1S/C7H11N3O/c1-2-10-7(11)3-6(4-8)5-9-10/h3,5H,2,4,8H2,1H3. The van der Waals surface area contributed by atoms with Gasteiger partial charge in [-0.05, 0) is 12.5 Å². The zero-order valence-corrected chi connectivity index (χ0v) is 6.45. The van der Waals surface area contributed by atoms with Gasteiger partial charge in [-0.1, -0.05) is 0 Å². The van der Waals surface area contributed by atoms with Crippen LogP contribution in [0, 0.1) is 0 Å². The smallest absolute Gasteiger partial charge is 0.267 e. The van der Waals surface area contributed by atoms with E-state index in [-0.39, 0.29) is 5.56 Å². The Morgan fingerprint density at radius 2 is 2.45 bits per heavy atom. The molecule has 0 bridgehead atoms. The van der Waals surface area contributed by atoms with Crippen LogP contribution in [0.4, 0.5) is 0 Å². The lowest BCUT2D eigenvalue weighted by molar-refractivity contribution is 0.611. The van der Waals surface area contributed by atoms with Crippen LogP contribution in [-0.2, 0) is 13.1 Å². The zero-order valence-electron chi connectivity index (χ0n) is 6.45. The Labute approximate surface area is 64.6 Å². The average molecular weight is 153 g/mol. The highest BCUT2D eigenvalue weighted by molar-refractivity contribution is 5.04. The lowest BCUT2D eigenvalue weighted by atomic mass is 10.3. The highest BCUT2D eigenvalue weighted by atomic mass is 16.1. The van der Waals surface area contributed by atoms with Crippen molar-refractivity contribution in [1.29, 1.82) is 0 Å². The molecule has 0 aromatic carbocycles. The fraction of sp³-hybridized carbons (Fsp3) is 0.429. The fourth-order valence-electron chi connectivity index (χ4n) is 0.820. The van der Waals surface area contributed by atoms with E-state index >= 15 is 0 Å². The first kappa shape index (κ1) is 7.94. The maximum absolute atomic E-state index is 11.1. The molecule has 0 aliphatic heterocycles. The van der Waals surface area contributed by atoms with Gasteiger partial charge in [0.15, 0.2) is 0 Å². The Kier molecular flexibility index (Phi) is 2.38. The van der Waals surface area contributed by atoms with E-state index in [0.717, 1.165) is 5.56 Å². The van der Waals surface area contributed by atoms with Gasteiger partial charge in [0.25, 0.3) is 5.56 Å². The summed E-state index contributed by atoms with van der Waals surface area (Å²) in [5.41, 5.74) is 6.01. The minimum absolute atomic E-state index is 0.0875. The molecule has 0 aliphatic rings. The second-order valence-corrected chi connectivity index (χ2v) is 2.22. The van der Waals surface area contributed by atoms with Crippen molar-refractivity contribution in [3.05, 3.63) is 28.2 Å². The van der Waals surface area contributed by atoms with E-state index in [9.17, 15) is 4.79 Å². The van der Waals surface area contributed by atoms with Gasteiger partial charge >= 0.3 is 0 Å². The van der Waals surface area contributed by atoms with Crippen LogP contribution in [-0.4, -0.2) is 9.78 Å². The fourth-order valence-corrected chi connectivity index (χ4v) is 0.820. The van der Waals surface area contributed by atoms with E-state index in [1.54, 1.807) is 6.20 Å². The third-order valence-electron chi connectivity index (χ3n) is 1.46. The van der Waals surface area contributed by atoms with Crippen molar-refractivity contribution >= 4 is 0 Å². The van der Waals surface area contributed by atoms with E-state index in [1.165, 1.54) is 10.7 Å². The molecule has 2 N–H and O–H groups in total. The van der Waals surface area contributed by atoms with Crippen molar-refractivity contribution in [2.45, 2.75) is 20.0 Å². The summed E-state index contributed by atoms with van der Waals surface area (Å²) in [6.07, 6.45) is 1.62. The summed E-state index contributed by atoms with van der Waals surface area (Å²) in [7, 11) is 0. The lowest BCUT2D eigenvalue weighted by Gasteiger charge is -1.99. The predicted molar refractivity (Wildman–Crippen MR) is 42.1 cm³/mol. The summed E-state index contributed by atoms with van der Waals surface area (Å²) in [6, 6.07) is 1.51. The first-order valence-corrected chi connectivity index (χ1v) is 3.54. The summed E-state index contributed by atoms with van der Waals surface area (Å²) in [5.74, 6) is 0. The quantitative estimate of drug-likeness (QED) is 0.635. The van der Waals surface area contributed by atoms with Gasteiger partial charge in [0.05, 0.1) is 6.20 Å². The maximum Gasteiger partial charge on any atom is 0.267 e. The van der Waals surface area contributed by atoms with Crippen LogP contribution in [0.1, 0.15) is 12.5 Å². The Morgan fingerprint density at radius 1 is 1.73 bits per heavy atom. The minimum Gasteiger partial charge on any atom is -0.326 e. The Bertz CT molecular complexity index is 292. The van der Waals surface area contributed by atoms with Crippen LogP contribution >= 0.6 is 0 Å². The van der Waals surface area contributed by atoms with E-state index < -0.39 is 0 Å². The highest BCUT2D eigenvalue weighted by Gasteiger charge is 1.94. The molecule has 11 heavy (non-hydrogen) atoms. The first-order valence-electron chi connectivity index (χ1n) is 3.54. The van der Waals surface area contributed by atoms with E-state index in [1.807, 2.05) is 6.92 Å². The predicted octanol–water partition coefficient (Wildman–Crippen LogP) is -0.278. The Hall–Kier alpha value is -1.16. The van der Waals surface area contributed by atoms with Crippen molar-refractivity contribution in [2.24, 2.45) is 5.73 Å². The summed E-state index contributed by atoms with van der Waals surface area (Å²) in [5, 5.41) is 3.89. The van der Waals surface area contributed by atoms with Gasteiger partial charge in [0, 0.05) is 19.2 Å². The molecule has 4 heteroatoms. The minimum atomic E-state index is -0.0875. The monoisotopic (exact) mass is 153 g/mol. The van der Waals surface area contributed by atoms with Crippen molar-refractivity contribution in [3.63, 3.8) is 0 Å². The van der Waals surface area contributed by atoms with E-state index in [2.05, 4.69) is 5.10 Å². The van der Waals surface area contributed by atoms with Gasteiger partial charge in [-0.3, -0.25) is 4.79 Å². The van der Waals surface area contributed by atoms with Crippen LogP contribution in [0.15, 0.2) is 17.1 Å². The van der Waals surface area contributed by atoms with Gasteiger partial charge in [-0.15, -0.1) is 0 Å². The third kappa shape index (κ3) is 1.65. The molecule has 4 nitrogen and oxygen atoms in total. The number of aromatic nitrogens is 2. The maximum atomic E-state index is 11.1. The highest BCUT2D eigenvalue weighted by Crippen LogP contribution is 1.87. The molecule has 1 aromatic rings. The molecule has 0 unspecified atom stereocenters. The zero-order chi connectivity index (χ0) is 8.27. The molecule has 0 saturated carbocycles. The van der Waals surface area contributed by atoms with E-state index in [0.29, 0.717) is 13.1 Å². The second-order valence-electron chi connectivity index (χ2n) is 2.22. The van der Waals surface area contributed by atoms with Crippen LogP contribution in [0.2, 0.25) is 0 Å². The number of hydrogen-bond donors (Lipinski definition) is 1. The van der Waals surface area contributed by atoms with Crippen LogP contribution < -0.4 is 11.3 Å². The molecule has 0 fully saturated rings. The number of rotatable bonds is 2. The molecule has 0 spiro atoms. The molecule has 1 aromatic heterocycles. The molecule has 0 atom stereocenters. The van der Waals surface area contributed by atoms with Crippen molar-refractivity contribution < 1.29 is 0 Å². The SMILES string of the molecule is CCn1ncc(CN)cc1=O. The van der Waals surface area contributed by atoms with Crippen molar-refractivity contribution in [1.82, 2.24) is 9.78 Å². The molecule has 1 rings (SSSR count). The molecule has 1 heterocycles. The summed E-state index contributed by atoms with van der Waals surface area (Å²) < 4.78 is 1.39. The van der Waals surface area contributed by atoms with Gasteiger partial charge in [0.2, 0.25) is 0 Å². The molecular weight excluding hydrogens is 142 g/mol. The Morgan fingerprint density at radius 3 is 2.91 bits per heavy atom. The summed E-state index contributed by atoms with van der Waals surface area (Å²) in [6.45, 7) is 2.84. The summed E-state index contributed by atoms with van der Waals surface area (Å²) >= 11 is 0. The number of hydrogen-bond acceptors (Lipinski definition) is 3. The number of nitrogens with two attached hydrogens (primary N) is 1. The first-order chi connectivity index (χ1) is 5.27. The van der Waals surface area contributed by atoms with Gasteiger partial charge in [-0.2, -0.15) is 5.10 Å². The van der Waals surface area contributed by atoms with Gasteiger partial charge in [0.1, 0.15) is 0 Å². The average Bonchev–Trinajstić information content (AvgIpc) is 2.04. The van der Waals surface area contributed by atoms with Crippen LogP contribution in [0.3, 0.4) is 0 Å². The molecular formula is C7H11N3O. The number of aryl methyl sites for hydroxylation is 1. The van der Waals surface area contributed by atoms with Crippen LogP contribution in [0.5, 0.6) is 0 Å². The van der Waals surface area contributed by atoms with Gasteiger partial charge in [-0.25, -0.2) is 4.68 Å². The Balaban J connectivity index is 3.10. The largest absolute Gasteiger partial charge is 0.326 e. The summed E-state index contributed by atoms with van der Waals surface area (Å²) in [4.78, 5) is 11.1. The molecule has 0 radical (unpaired) electrons. The molecule has 60 valence electrons. The molecule has 0 aliphatic carbocycles. The number of nitrogens with zero attached hydrogens (tertiary/aromatic N) is 2. The van der Waals surface area contributed by atoms with Crippen molar-refractivity contribution in [3.8, 4) is 0 Å². The van der Waals surface area contributed by atoms with E-state index in [4.69, 9.17) is 5.73 Å². The third-order valence-corrected chi connectivity index (χ3v) is 1.46. The van der Waals surface area contributed by atoms with Crippen LogP contribution in [0.25, 0.3) is 0 Å². The molecule has 0 saturated heterocycles. The van der Waals surface area contributed by atoms with Gasteiger partial charge < -0.3 is 5.73 Å².